The van der Waals surface area contributed by atoms with Crippen LogP contribution in [0, 0.1) is 5.41 Å². The van der Waals surface area contributed by atoms with E-state index in [1.54, 1.807) is 13.3 Å². The Labute approximate surface area is 210 Å². The van der Waals surface area contributed by atoms with Crippen molar-refractivity contribution < 1.29 is 19.0 Å². The third kappa shape index (κ3) is 5.26. The van der Waals surface area contributed by atoms with Crippen molar-refractivity contribution in [2.75, 3.05) is 51.5 Å². The van der Waals surface area contributed by atoms with Gasteiger partial charge in [-0.2, -0.15) is 15.0 Å². The molecule has 36 heavy (non-hydrogen) atoms. The van der Waals surface area contributed by atoms with E-state index >= 15 is 0 Å². The molecule has 2 saturated heterocycles. The van der Waals surface area contributed by atoms with Crippen LogP contribution in [-0.4, -0.2) is 83.5 Å². The predicted molar refractivity (Wildman–Crippen MR) is 133 cm³/mol. The van der Waals surface area contributed by atoms with E-state index in [1.165, 1.54) is 10.9 Å². The lowest BCUT2D eigenvalue weighted by Gasteiger charge is -2.37. The molecule has 2 fully saturated rings. The number of piperidine rings is 1. The van der Waals surface area contributed by atoms with E-state index in [2.05, 4.69) is 54.3 Å². The van der Waals surface area contributed by atoms with Crippen molar-refractivity contribution in [3.63, 3.8) is 0 Å². The van der Waals surface area contributed by atoms with Gasteiger partial charge in [0.05, 0.1) is 19.8 Å². The Morgan fingerprint density at radius 1 is 1.31 bits per heavy atom. The molecule has 2 aliphatic rings. The summed E-state index contributed by atoms with van der Waals surface area (Å²) in [5.74, 6) is 0.559. The van der Waals surface area contributed by atoms with Crippen LogP contribution in [0.4, 0.5) is 5.95 Å². The van der Waals surface area contributed by atoms with Gasteiger partial charge >= 0.3 is 6.01 Å². The van der Waals surface area contributed by atoms with E-state index < -0.39 is 0 Å². The van der Waals surface area contributed by atoms with Gasteiger partial charge in [0.25, 0.3) is 5.91 Å². The first-order valence-electron chi connectivity index (χ1n) is 12.4. The van der Waals surface area contributed by atoms with E-state index in [0.29, 0.717) is 38.2 Å². The van der Waals surface area contributed by atoms with Crippen LogP contribution in [0.5, 0.6) is 6.01 Å². The van der Waals surface area contributed by atoms with Gasteiger partial charge < -0.3 is 29.4 Å². The lowest BCUT2D eigenvalue weighted by atomic mass is 9.89. The number of aromatic nitrogens is 5. The van der Waals surface area contributed by atoms with Crippen molar-refractivity contribution in [3.05, 3.63) is 35.9 Å². The number of fused-ring (bicyclic) bond motifs is 1. The van der Waals surface area contributed by atoms with Gasteiger partial charge in [-0.3, -0.25) is 4.79 Å². The summed E-state index contributed by atoms with van der Waals surface area (Å²) in [4.78, 5) is 36.1. The summed E-state index contributed by atoms with van der Waals surface area (Å²) in [5, 5.41) is 4.11. The Balaban J connectivity index is 1.31. The molecule has 0 bridgehead atoms. The minimum absolute atomic E-state index is 0.0493. The molecule has 2 N–H and O–H groups in total. The number of carbonyl (C=O) groups excluding carboxylic acids is 1. The fourth-order valence-corrected chi connectivity index (χ4v) is 4.72. The zero-order valence-electron chi connectivity index (χ0n) is 21.0. The maximum Gasteiger partial charge on any atom is 0.322 e. The Morgan fingerprint density at radius 3 is 2.83 bits per heavy atom. The summed E-state index contributed by atoms with van der Waals surface area (Å²) in [6, 6.07) is 4.20. The molecule has 192 valence electrons. The number of amides is 1. The number of nitrogens with zero attached hydrogens (tertiary/aromatic N) is 5. The Hall–Kier alpha value is -3.31. The van der Waals surface area contributed by atoms with Crippen LogP contribution in [0.15, 0.2) is 24.5 Å². The largest absolute Gasteiger partial charge is 0.458 e. The van der Waals surface area contributed by atoms with E-state index in [9.17, 15) is 4.79 Å². The minimum Gasteiger partial charge on any atom is -0.458 e. The number of rotatable bonds is 9. The van der Waals surface area contributed by atoms with E-state index in [4.69, 9.17) is 14.2 Å². The molecule has 0 aromatic carbocycles. The molecule has 1 atom stereocenters. The molecule has 11 heteroatoms. The normalized spacial score (nSPS) is 18.6. The molecule has 5 heterocycles. The lowest BCUT2D eigenvalue weighted by molar-refractivity contribution is -0.0978. The predicted octanol–water partition coefficient (Wildman–Crippen LogP) is 2.31. The van der Waals surface area contributed by atoms with Crippen LogP contribution in [0.25, 0.3) is 11.0 Å². The average Bonchev–Trinajstić information content (AvgIpc) is 3.30. The van der Waals surface area contributed by atoms with Gasteiger partial charge in [-0.15, -0.1) is 0 Å². The smallest absolute Gasteiger partial charge is 0.322 e. The van der Waals surface area contributed by atoms with Crippen LogP contribution in [-0.2, 0) is 9.47 Å². The second-order valence-electron chi connectivity index (χ2n) is 10.0. The Bertz CT molecular complexity index is 1200. The molecule has 3 aromatic rings. The van der Waals surface area contributed by atoms with Gasteiger partial charge in [0.15, 0.2) is 0 Å². The van der Waals surface area contributed by atoms with Crippen molar-refractivity contribution in [3.8, 4) is 6.01 Å². The van der Waals surface area contributed by atoms with Crippen molar-refractivity contribution in [2.24, 2.45) is 5.41 Å². The van der Waals surface area contributed by atoms with Crippen LogP contribution in [0.3, 0.4) is 0 Å². The number of nitrogens with one attached hydrogen (secondary N) is 2. The van der Waals surface area contributed by atoms with E-state index in [1.807, 2.05) is 13.0 Å². The topological polar surface area (TPSA) is 127 Å². The summed E-state index contributed by atoms with van der Waals surface area (Å²) in [6.07, 6.45) is 5.47. The maximum absolute atomic E-state index is 12.9. The number of H-pyrrole nitrogens is 1. The molecule has 0 radical (unpaired) electrons. The van der Waals surface area contributed by atoms with E-state index in [0.717, 1.165) is 31.6 Å². The number of hydrogen-bond donors (Lipinski definition) is 2. The van der Waals surface area contributed by atoms with Gasteiger partial charge in [-0.05, 0) is 43.4 Å². The first-order chi connectivity index (χ1) is 17.4. The zero-order chi connectivity index (χ0) is 25.1. The molecule has 0 aliphatic carbocycles. The van der Waals surface area contributed by atoms with Crippen LogP contribution < -0.4 is 15.0 Å². The molecular formula is C25H33N7O4. The number of anilines is 1. The summed E-state index contributed by atoms with van der Waals surface area (Å²) in [6.45, 7) is 7.58. The SMILES string of the molecule is COC[C@@H](C)Oc1nc(C(=O)NCC2(C)COC2)nc(N2CCC(c3c[nH]c4ncccc34)CC2)n1. The quantitative estimate of drug-likeness (QED) is 0.460. The van der Waals surface area contributed by atoms with Crippen molar-refractivity contribution in [1.29, 1.82) is 0 Å². The Kier molecular flexibility index (Phi) is 7.01. The summed E-state index contributed by atoms with van der Waals surface area (Å²) in [7, 11) is 1.61. The molecule has 3 aromatic heterocycles. The second-order valence-corrected chi connectivity index (χ2v) is 10.0. The van der Waals surface area contributed by atoms with Crippen LogP contribution in [0.1, 0.15) is 48.8 Å². The standard InChI is InChI=1S/C25H33N7O4/c1-16(12-34-3)36-24-30-21(22(33)28-13-25(2)14-35-15-25)29-23(31-24)32-9-6-17(7-10-32)19-11-27-20-18(19)5-4-8-26-20/h4-5,8,11,16-17H,6-7,9-10,12-15H2,1-3H3,(H,26,27)(H,28,33)/t16-/m1/s1. The summed E-state index contributed by atoms with van der Waals surface area (Å²) in [5.41, 5.74) is 2.15. The molecule has 0 unspecified atom stereocenters. The number of ether oxygens (including phenoxy) is 3. The third-order valence-electron chi connectivity index (χ3n) is 6.79. The molecule has 0 spiro atoms. The lowest BCUT2D eigenvalue weighted by Crippen LogP contribution is -2.48. The van der Waals surface area contributed by atoms with Crippen molar-refractivity contribution >= 4 is 22.9 Å². The Morgan fingerprint density at radius 2 is 2.11 bits per heavy atom. The third-order valence-corrected chi connectivity index (χ3v) is 6.79. The van der Waals surface area contributed by atoms with Crippen LogP contribution in [0.2, 0.25) is 0 Å². The number of pyridine rings is 1. The van der Waals surface area contributed by atoms with Gasteiger partial charge in [0.1, 0.15) is 11.8 Å². The number of hydrogen-bond acceptors (Lipinski definition) is 9. The molecule has 1 amide bonds. The first-order valence-corrected chi connectivity index (χ1v) is 12.4. The molecule has 2 aliphatic heterocycles. The summed E-state index contributed by atoms with van der Waals surface area (Å²) >= 11 is 0. The molecule has 0 saturated carbocycles. The average molecular weight is 496 g/mol. The number of carbonyl (C=O) groups is 1. The first kappa shape index (κ1) is 24.4. The van der Waals surface area contributed by atoms with Gasteiger partial charge in [0, 0.05) is 49.9 Å². The van der Waals surface area contributed by atoms with E-state index in [-0.39, 0.29) is 29.3 Å². The van der Waals surface area contributed by atoms with Crippen molar-refractivity contribution in [2.45, 2.75) is 38.7 Å². The molecular weight excluding hydrogens is 462 g/mol. The fraction of sp³-hybridized carbons (Fsp3) is 0.560. The number of methoxy groups -OCH3 is 1. The van der Waals surface area contributed by atoms with Crippen LogP contribution >= 0.6 is 0 Å². The van der Waals surface area contributed by atoms with Gasteiger partial charge in [-0.1, -0.05) is 6.92 Å². The van der Waals surface area contributed by atoms with Crippen molar-refractivity contribution in [1.82, 2.24) is 30.2 Å². The fourth-order valence-electron chi connectivity index (χ4n) is 4.72. The number of aromatic amines is 1. The summed E-state index contributed by atoms with van der Waals surface area (Å²) < 4.78 is 16.3. The highest BCUT2D eigenvalue weighted by atomic mass is 16.5. The monoisotopic (exact) mass is 495 g/mol. The maximum atomic E-state index is 12.9. The van der Waals surface area contributed by atoms with Gasteiger partial charge in [-0.25, -0.2) is 4.98 Å². The van der Waals surface area contributed by atoms with Gasteiger partial charge in [0.2, 0.25) is 11.8 Å². The molecule has 11 nitrogen and oxygen atoms in total. The molecule has 5 rings (SSSR count). The minimum atomic E-state index is -0.350. The highest BCUT2D eigenvalue weighted by Crippen LogP contribution is 2.33. The highest BCUT2D eigenvalue weighted by molar-refractivity contribution is 5.90. The second kappa shape index (κ2) is 10.4. The zero-order valence-corrected chi connectivity index (χ0v) is 21.0. The highest BCUT2D eigenvalue weighted by Gasteiger charge is 2.34.